The highest BCUT2D eigenvalue weighted by molar-refractivity contribution is 5.97. The van der Waals surface area contributed by atoms with Crippen molar-refractivity contribution in [2.45, 2.75) is 31.4 Å². The average Bonchev–Trinajstić information content (AvgIpc) is 3.38. The maximum Gasteiger partial charge on any atom is 0.319 e. The minimum Gasteiger partial charge on any atom is -0.481 e. The van der Waals surface area contributed by atoms with Crippen LogP contribution in [-0.4, -0.2) is 59.8 Å². The van der Waals surface area contributed by atoms with E-state index in [0.717, 1.165) is 12.8 Å². The molecule has 25 heavy (non-hydrogen) atoms. The van der Waals surface area contributed by atoms with E-state index in [0.29, 0.717) is 24.4 Å². The number of anilines is 1. The van der Waals surface area contributed by atoms with Crippen molar-refractivity contribution >= 4 is 23.6 Å². The van der Waals surface area contributed by atoms with E-state index in [1.165, 1.54) is 0 Å². The van der Waals surface area contributed by atoms with Gasteiger partial charge in [0.2, 0.25) is 0 Å². The van der Waals surface area contributed by atoms with Crippen LogP contribution in [0.3, 0.4) is 0 Å². The van der Waals surface area contributed by atoms with Crippen LogP contribution < -0.4 is 10.6 Å². The van der Waals surface area contributed by atoms with Crippen LogP contribution in [0.5, 0.6) is 0 Å². The van der Waals surface area contributed by atoms with E-state index in [1.807, 2.05) is 0 Å². The predicted octanol–water partition coefficient (Wildman–Crippen LogP) is 1.29. The first-order chi connectivity index (χ1) is 12.0. The van der Waals surface area contributed by atoms with Crippen LogP contribution in [0.15, 0.2) is 24.3 Å². The predicted molar refractivity (Wildman–Crippen MR) is 89.5 cm³/mol. The smallest absolute Gasteiger partial charge is 0.319 e. The van der Waals surface area contributed by atoms with E-state index in [-0.39, 0.29) is 30.9 Å². The zero-order valence-electron chi connectivity index (χ0n) is 13.7. The van der Waals surface area contributed by atoms with Crippen LogP contribution >= 0.6 is 0 Å². The van der Waals surface area contributed by atoms with Crippen LogP contribution in [0.25, 0.3) is 0 Å². The molecule has 1 aromatic carbocycles. The monoisotopic (exact) mass is 347 g/mol. The van der Waals surface area contributed by atoms with E-state index in [2.05, 4.69) is 10.6 Å². The van der Waals surface area contributed by atoms with Gasteiger partial charge in [-0.15, -0.1) is 0 Å². The Morgan fingerprint density at radius 1 is 1.28 bits per heavy atom. The summed E-state index contributed by atoms with van der Waals surface area (Å²) in [6.07, 6.45) is 1.37. The molecule has 134 valence electrons. The number of carbonyl (C=O) groups excluding carboxylic acids is 2. The molecule has 1 aliphatic heterocycles. The summed E-state index contributed by atoms with van der Waals surface area (Å²) in [6, 6.07) is 6.69. The molecular weight excluding hydrogens is 326 g/mol. The lowest BCUT2D eigenvalue weighted by atomic mass is 10.1. The van der Waals surface area contributed by atoms with Crippen molar-refractivity contribution in [3.8, 4) is 0 Å². The Hall–Kier alpha value is -2.61. The van der Waals surface area contributed by atoms with Crippen LogP contribution in [-0.2, 0) is 9.53 Å². The van der Waals surface area contributed by atoms with Crippen molar-refractivity contribution in [1.29, 1.82) is 0 Å². The third kappa shape index (κ3) is 4.93. The first kappa shape index (κ1) is 17.2. The number of hydrogen-bond donors (Lipinski definition) is 3. The summed E-state index contributed by atoms with van der Waals surface area (Å²) in [5, 5.41) is 14.4. The van der Waals surface area contributed by atoms with E-state index in [9.17, 15) is 14.4 Å². The van der Waals surface area contributed by atoms with Gasteiger partial charge in [-0.3, -0.25) is 9.59 Å². The third-order valence-corrected chi connectivity index (χ3v) is 4.11. The van der Waals surface area contributed by atoms with Crippen LogP contribution in [0, 0.1) is 0 Å². The second-order valence-corrected chi connectivity index (χ2v) is 6.30. The number of morpholine rings is 1. The quantitative estimate of drug-likeness (QED) is 0.744. The fourth-order valence-corrected chi connectivity index (χ4v) is 2.71. The van der Waals surface area contributed by atoms with Gasteiger partial charge < -0.3 is 25.4 Å². The topological polar surface area (TPSA) is 108 Å². The van der Waals surface area contributed by atoms with Gasteiger partial charge in [0.1, 0.15) is 0 Å². The molecule has 1 aliphatic carbocycles. The largest absolute Gasteiger partial charge is 0.481 e. The number of nitrogens with zero attached hydrogens (tertiary/aromatic N) is 1. The molecule has 1 saturated carbocycles. The molecule has 1 aromatic rings. The van der Waals surface area contributed by atoms with Crippen molar-refractivity contribution in [2.75, 3.05) is 25.0 Å². The number of benzene rings is 1. The molecule has 0 radical (unpaired) electrons. The molecule has 3 amide bonds. The molecule has 8 heteroatoms. The maximum absolute atomic E-state index is 12.7. The molecule has 0 bridgehead atoms. The van der Waals surface area contributed by atoms with Gasteiger partial charge in [-0.05, 0) is 31.0 Å². The first-order valence-corrected chi connectivity index (χ1v) is 8.31. The SMILES string of the molecule is O=C(O)CC1CN(C(=O)c2cccc(NC(=O)NC3CC3)c2)CCO1. The minimum absolute atomic E-state index is 0.132. The van der Waals surface area contributed by atoms with E-state index in [1.54, 1.807) is 29.2 Å². The van der Waals surface area contributed by atoms with Gasteiger partial charge in [0.15, 0.2) is 0 Å². The van der Waals surface area contributed by atoms with Crippen molar-refractivity contribution in [3.05, 3.63) is 29.8 Å². The molecule has 1 atom stereocenters. The molecular formula is C17H21N3O5. The standard InChI is InChI=1S/C17H21N3O5/c21-15(22)9-14-10-20(6-7-25-14)16(23)11-2-1-3-13(8-11)19-17(24)18-12-4-5-12/h1-3,8,12,14H,4-7,9-10H2,(H,21,22)(H2,18,19,24). The lowest BCUT2D eigenvalue weighted by Gasteiger charge is -2.32. The van der Waals surface area contributed by atoms with Crippen LogP contribution in [0.1, 0.15) is 29.6 Å². The molecule has 2 aliphatic rings. The summed E-state index contributed by atoms with van der Waals surface area (Å²) in [5.41, 5.74) is 0.986. The molecule has 3 rings (SSSR count). The fourth-order valence-electron chi connectivity index (χ4n) is 2.71. The summed E-state index contributed by atoms with van der Waals surface area (Å²) in [6.45, 7) is 0.963. The molecule has 3 N–H and O–H groups in total. The fraction of sp³-hybridized carbons (Fsp3) is 0.471. The number of hydrogen-bond acceptors (Lipinski definition) is 4. The molecule has 1 heterocycles. The van der Waals surface area contributed by atoms with Crippen LogP contribution in [0.4, 0.5) is 10.5 Å². The number of urea groups is 1. The summed E-state index contributed by atoms with van der Waals surface area (Å²) < 4.78 is 5.38. The Bertz CT molecular complexity index is 674. The minimum atomic E-state index is -0.952. The lowest BCUT2D eigenvalue weighted by Crippen LogP contribution is -2.46. The lowest BCUT2D eigenvalue weighted by molar-refractivity contribution is -0.141. The molecule has 1 saturated heterocycles. The van der Waals surface area contributed by atoms with Gasteiger partial charge in [-0.25, -0.2) is 4.79 Å². The van der Waals surface area contributed by atoms with Crippen LogP contribution in [0.2, 0.25) is 0 Å². The number of aliphatic carboxylic acids is 1. The zero-order valence-corrected chi connectivity index (χ0v) is 13.7. The highest BCUT2D eigenvalue weighted by Crippen LogP contribution is 2.19. The molecule has 0 aromatic heterocycles. The Kier molecular flexibility index (Phi) is 5.18. The number of ether oxygens (including phenoxy) is 1. The van der Waals surface area contributed by atoms with Gasteiger partial charge >= 0.3 is 12.0 Å². The van der Waals surface area contributed by atoms with Gasteiger partial charge in [0.05, 0.1) is 19.1 Å². The van der Waals surface area contributed by atoms with Crippen molar-refractivity contribution in [2.24, 2.45) is 0 Å². The number of carbonyl (C=O) groups is 3. The maximum atomic E-state index is 12.7. The normalized spacial score (nSPS) is 20.0. The van der Waals surface area contributed by atoms with Gasteiger partial charge in [-0.1, -0.05) is 6.07 Å². The second-order valence-electron chi connectivity index (χ2n) is 6.30. The zero-order chi connectivity index (χ0) is 17.8. The van der Waals surface area contributed by atoms with Gasteiger partial charge in [0.25, 0.3) is 5.91 Å². The number of nitrogens with one attached hydrogen (secondary N) is 2. The third-order valence-electron chi connectivity index (χ3n) is 4.11. The Balaban J connectivity index is 1.62. The van der Waals surface area contributed by atoms with E-state index >= 15 is 0 Å². The van der Waals surface area contributed by atoms with Crippen molar-refractivity contribution in [3.63, 3.8) is 0 Å². The Morgan fingerprint density at radius 3 is 2.80 bits per heavy atom. The highest BCUT2D eigenvalue weighted by Gasteiger charge is 2.27. The summed E-state index contributed by atoms with van der Waals surface area (Å²) in [7, 11) is 0. The van der Waals surface area contributed by atoms with Crippen molar-refractivity contribution < 1.29 is 24.2 Å². The van der Waals surface area contributed by atoms with E-state index in [4.69, 9.17) is 9.84 Å². The summed E-state index contributed by atoms with van der Waals surface area (Å²) >= 11 is 0. The first-order valence-electron chi connectivity index (χ1n) is 8.31. The number of rotatable bonds is 5. The second kappa shape index (κ2) is 7.52. The summed E-state index contributed by atoms with van der Waals surface area (Å²) in [5.74, 6) is -1.16. The summed E-state index contributed by atoms with van der Waals surface area (Å²) in [4.78, 5) is 36.8. The molecule has 8 nitrogen and oxygen atoms in total. The Labute approximate surface area is 145 Å². The number of carboxylic acid groups (broad SMARTS) is 1. The van der Waals surface area contributed by atoms with E-state index < -0.39 is 12.1 Å². The Morgan fingerprint density at radius 2 is 2.08 bits per heavy atom. The highest BCUT2D eigenvalue weighted by atomic mass is 16.5. The van der Waals surface area contributed by atoms with Gasteiger partial charge in [0, 0.05) is 30.4 Å². The molecule has 1 unspecified atom stereocenters. The molecule has 2 fully saturated rings. The molecule has 0 spiro atoms. The van der Waals surface area contributed by atoms with Gasteiger partial charge in [-0.2, -0.15) is 0 Å². The van der Waals surface area contributed by atoms with Crippen molar-refractivity contribution in [1.82, 2.24) is 10.2 Å². The number of carboxylic acids is 1. The number of amides is 3. The average molecular weight is 347 g/mol.